The van der Waals surface area contributed by atoms with Crippen molar-refractivity contribution in [2.75, 3.05) is 6.61 Å². The van der Waals surface area contributed by atoms with Crippen LogP contribution < -0.4 is 10.1 Å². The molecule has 0 radical (unpaired) electrons. The molecule has 0 spiro atoms. The number of thiophene rings is 2. The van der Waals surface area contributed by atoms with Crippen molar-refractivity contribution >= 4 is 34.4 Å². The molecule has 0 unspecified atom stereocenters. The number of benzene rings is 1. The van der Waals surface area contributed by atoms with Crippen molar-refractivity contribution in [1.29, 1.82) is 0 Å². The second-order valence-electron chi connectivity index (χ2n) is 5.07. The third-order valence-electron chi connectivity index (χ3n) is 3.29. The molecule has 1 N–H and O–H groups in total. The molecule has 0 aliphatic rings. The standard InChI is InChI=1S/C18H14FNO3S2/c19-13-4-1-2-5-14(13)23-11-17(21)20-10-12-7-8-16(25-12)18(22)15-6-3-9-24-15/h1-9H,10-11H2,(H,20,21). The molecular weight excluding hydrogens is 361 g/mol. The summed E-state index contributed by atoms with van der Waals surface area (Å²) >= 11 is 2.74. The summed E-state index contributed by atoms with van der Waals surface area (Å²) in [5, 5.41) is 4.55. The molecule has 3 rings (SSSR count). The second kappa shape index (κ2) is 8.04. The number of ketones is 1. The first-order valence-electron chi connectivity index (χ1n) is 7.44. The lowest BCUT2D eigenvalue weighted by atomic mass is 10.3. The lowest BCUT2D eigenvalue weighted by Crippen LogP contribution is -2.28. The maximum absolute atomic E-state index is 13.4. The molecule has 25 heavy (non-hydrogen) atoms. The molecule has 0 atom stereocenters. The van der Waals surface area contributed by atoms with Crippen LogP contribution in [-0.2, 0) is 11.3 Å². The van der Waals surface area contributed by atoms with Gasteiger partial charge in [0.1, 0.15) is 0 Å². The van der Waals surface area contributed by atoms with Gasteiger partial charge in [-0.15, -0.1) is 22.7 Å². The van der Waals surface area contributed by atoms with Crippen LogP contribution in [0.1, 0.15) is 19.4 Å². The van der Waals surface area contributed by atoms with Crippen molar-refractivity contribution in [2.45, 2.75) is 6.54 Å². The van der Waals surface area contributed by atoms with Gasteiger partial charge >= 0.3 is 0 Å². The zero-order chi connectivity index (χ0) is 17.6. The second-order valence-corrected chi connectivity index (χ2v) is 7.18. The summed E-state index contributed by atoms with van der Waals surface area (Å²) in [6.07, 6.45) is 0. The molecule has 1 aromatic carbocycles. The van der Waals surface area contributed by atoms with E-state index in [-0.39, 0.29) is 24.0 Å². The van der Waals surface area contributed by atoms with Crippen LogP contribution in [0, 0.1) is 5.82 Å². The van der Waals surface area contributed by atoms with Crippen LogP contribution >= 0.6 is 22.7 Å². The topological polar surface area (TPSA) is 55.4 Å². The summed E-state index contributed by atoms with van der Waals surface area (Å²) in [5.41, 5.74) is 0. The smallest absolute Gasteiger partial charge is 0.258 e. The summed E-state index contributed by atoms with van der Waals surface area (Å²) < 4.78 is 18.5. The van der Waals surface area contributed by atoms with Crippen LogP contribution in [0.15, 0.2) is 53.9 Å². The lowest BCUT2D eigenvalue weighted by Gasteiger charge is -2.07. The van der Waals surface area contributed by atoms with Crippen LogP contribution in [0.3, 0.4) is 0 Å². The number of rotatable bonds is 7. The monoisotopic (exact) mass is 375 g/mol. The average Bonchev–Trinajstić information content (AvgIpc) is 3.30. The van der Waals surface area contributed by atoms with E-state index < -0.39 is 5.82 Å². The van der Waals surface area contributed by atoms with Crippen molar-refractivity contribution in [2.24, 2.45) is 0 Å². The van der Waals surface area contributed by atoms with E-state index >= 15 is 0 Å². The number of carbonyl (C=O) groups excluding carboxylic acids is 2. The highest BCUT2D eigenvalue weighted by Crippen LogP contribution is 2.22. The Labute approximate surface area is 151 Å². The van der Waals surface area contributed by atoms with Gasteiger partial charge in [-0.2, -0.15) is 0 Å². The average molecular weight is 375 g/mol. The van der Waals surface area contributed by atoms with E-state index in [0.29, 0.717) is 16.3 Å². The molecule has 0 saturated heterocycles. The van der Waals surface area contributed by atoms with E-state index in [4.69, 9.17) is 4.74 Å². The number of para-hydroxylation sites is 1. The first kappa shape index (κ1) is 17.3. The van der Waals surface area contributed by atoms with E-state index in [2.05, 4.69) is 5.32 Å². The normalized spacial score (nSPS) is 10.4. The van der Waals surface area contributed by atoms with E-state index in [1.165, 1.54) is 34.8 Å². The Morgan fingerprint density at radius 3 is 2.64 bits per heavy atom. The number of amides is 1. The molecule has 0 aliphatic carbocycles. The number of nitrogens with one attached hydrogen (secondary N) is 1. The quantitative estimate of drug-likeness (QED) is 0.638. The highest BCUT2D eigenvalue weighted by atomic mass is 32.1. The third-order valence-corrected chi connectivity index (χ3v) is 5.24. The molecule has 7 heteroatoms. The minimum Gasteiger partial charge on any atom is -0.481 e. The first-order valence-corrected chi connectivity index (χ1v) is 9.14. The van der Waals surface area contributed by atoms with Gasteiger partial charge in [0.05, 0.1) is 16.3 Å². The van der Waals surface area contributed by atoms with Crippen LogP contribution in [0.4, 0.5) is 4.39 Å². The number of halogens is 1. The van der Waals surface area contributed by atoms with E-state index in [9.17, 15) is 14.0 Å². The van der Waals surface area contributed by atoms with E-state index in [1.54, 1.807) is 24.3 Å². The molecular formula is C18H14FNO3S2. The van der Waals surface area contributed by atoms with Crippen molar-refractivity contribution < 1.29 is 18.7 Å². The van der Waals surface area contributed by atoms with Crippen LogP contribution in [-0.4, -0.2) is 18.3 Å². The van der Waals surface area contributed by atoms with Crippen LogP contribution in [0.5, 0.6) is 5.75 Å². The highest BCUT2D eigenvalue weighted by Gasteiger charge is 2.13. The largest absolute Gasteiger partial charge is 0.481 e. The fourth-order valence-electron chi connectivity index (χ4n) is 2.07. The number of hydrogen-bond acceptors (Lipinski definition) is 5. The Kier molecular flexibility index (Phi) is 5.57. The SMILES string of the molecule is O=C(COc1ccccc1F)NCc1ccc(C(=O)c2cccs2)s1. The molecule has 0 fully saturated rings. The highest BCUT2D eigenvalue weighted by molar-refractivity contribution is 7.16. The summed E-state index contributed by atoms with van der Waals surface area (Å²) in [6, 6.07) is 13.1. The van der Waals surface area contributed by atoms with Crippen LogP contribution in [0.25, 0.3) is 0 Å². The molecule has 4 nitrogen and oxygen atoms in total. The van der Waals surface area contributed by atoms with Gasteiger partial charge in [-0.3, -0.25) is 9.59 Å². The van der Waals surface area contributed by atoms with E-state index in [1.807, 2.05) is 17.5 Å². The van der Waals surface area contributed by atoms with Crippen molar-refractivity contribution in [3.05, 3.63) is 74.4 Å². The zero-order valence-corrected chi connectivity index (χ0v) is 14.7. The van der Waals surface area contributed by atoms with Gasteiger partial charge in [0.2, 0.25) is 5.78 Å². The van der Waals surface area contributed by atoms with Crippen molar-refractivity contribution in [3.8, 4) is 5.75 Å². The molecule has 2 heterocycles. The lowest BCUT2D eigenvalue weighted by molar-refractivity contribution is -0.123. The minimum absolute atomic E-state index is 0.0135. The summed E-state index contributed by atoms with van der Waals surface area (Å²) in [7, 11) is 0. The van der Waals surface area contributed by atoms with Crippen molar-refractivity contribution in [3.63, 3.8) is 0 Å². The van der Waals surface area contributed by atoms with Gasteiger partial charge in [-0.25, -0.2) is 4.39 Å². The summed E-state index contributed by atoms with van der Waals surface area (Å²) in [4.78, 5) is 26.2. The number of carbonyl (C=O) groups is 2. The molecule has 0 bridgehead atoms. The number of hydrogen-bond donors (Lipinski definition) is 1. The van der Waals surface area contributed by atoms with Crippen LogP contribution in [0.2, 0.25) is 0 Å². The van der Waals surface area contributed by atoms with Gasteiger partial charge in [-0.05, 0) is 35.7 Å². The molecule has 0 saturated carbocycles. The summed E-state index contributed by atoms with van der Waals surface area (Å²) in [5.74, 6) is -0.842. The predicted molar refractivity (Wildman–Crippen MR) is 95.8 cm³/mol. The Hall–Kier alpha value is -2.51. The first-order chi connectivity index (χ1) is 12.1. The third kappa shape index (κ3) is 4.52. The Morgan fingerprint density at radius 1 is 1.04 bits per heavy atom. The zero-order valence-electron chi connectivity index (χ0n) is 13.0. The molecule has 128 valence electrons. The Morgan fingerprint density at radius 2 is 1.88 bits per heavy atom. The van der Waals surface area contributed by atoms with Gasteiger partial charge in [0, 0.05) is 4.88 Å². The molecule has 2 aromatic heterocycles. The molecule has 0 aliphatic heterocycles. The maximum Gasteiger partial charge on any atom is 0.258 e. The van der Waals surface area contributed by atoms with E-state index in [0.717, 1.165) is 4.88 Å². The van der Waals surface area contributed by atoms with Gasteiger partial charge in [0.15, 0.2) is 18.2 Å². The predicted octanol–water partition coefficient (Wildman–Crippen LogP) is 3.87. The van der Waals surface area contributed by atoms with Gasteiger partial charge in [0.25, 0.3) is 5.91 Å². The number of ether oxygens (including phenoxy) is 1. The Bertz CT molecular complexity index is 874. The van der Waals surface area contributed by atoms with Crippen molar-refractivity contribution in [1.82, 2.24) is 5.32 Å². The Balaban J connectivity index is 1.49. The fraction of sp³-hybridized carbons (Fsp3) is 0.111. The molecule has 3 aromatic rings. The van der Waals surface area contributed by atoms with Gasteiger partial charge in [-0.1, -0.05) is 18.2 Å². The summed E-state index contributed by atoms with van der Waals surface area (Å²) in [6.45, 7) is 0.0230. The fourth-order valence-corrected chi connectivity index (χ4v) is 3.71. The molecule has 1 amide bonds. The minimum atomic E-state index is -0.509. The van der Waals surface area contributed by atoms with Gasteiger partial charge < -0.3 is 10.1 Å². The maximum atomic E-state index is 13.4.